The summed E-state index contributed by atoms with van der Waals surface area (Å²) in [6, 6.07) is -25.8. The molecular formula is C85H153N25O23. The minimum Gasteiger partial charge on any atom is -0.480 e. The van der Waals surface area contributed by atoms with Gasteiger partial charge in [-0.25, -0.2) is 0 Å². The highest BCUT2D eigenvalue weighted by atomic mass is 16.4. The quantitative estimate of drug-likeness (QED) is 0.0252. The molecule has 756 valence electrons. The van der Waals surface area contributed by atoms with Gasteiger partial charge in [-0.3, -0.25) is 105 Å². The van der Waals surface area contributed by atoms with Gasteiger partial charge in [-0.05, 0) is 181 Å². The van der Waals surface area contributed by atoms with Crippen LogP contribution in [-0.2, 0) is 105 Å². The number of aliphatic carboxylic acids is 1. The molecule has 19 atom stereocenters. The summed E-state index contributed by atoms with van der Waals surface area (Å²) in [6.45, 7) is 30.3. The number of hydrogen-bond acceptors (Lipinski definition) is 26. The van der Waals surface area contributed by atoms with E-state index < -0.39 is 282 Å². The summed E-state index contributed by atoms with van der Waals surface area (Å²) in [4.78, 5) is 295. The largest absolute Gasteiger partial charge is 0.480 e. The number of amides is 21. The summed E-state index contributed by atoms with van der Waals surface area (Å²) in [7, 11) is 0. The maximum Gasteiger partial charge on any atom is 0.325 e. The third-order valence-electron chi connectivity index (χ3n) is 20.7. The van der Waals surface area contributed by atoms with Crippen molar-refractivity contribution in [1.82, 2.24) is 101 Å². The molecule has 133 heavy (non-hydrogen) atoms. The van der Waals surface area contributed by atoms with E-state index >= 15 is 0 Å². The molecule has 21 amide bonds. The number of carbonyl (C=O) groups is 22. The zero-order valence-electron chi connectivity index (χ0n) is 80.6. The summed E-state index contributed by atoms with van der Waals surface area (Å²) < 4.78 is 0. The predicted molar refractivity (Wildman–Crippen MR) is 488 cm³/mol. The Morgan fingerprint density at radius 1 is 0.241 bits per heavy atom. The van der Waals surface area contributed by atoms with Crippen LogP contribution in [0.3, 0.4) is 0 Å². The molecule has 0 rings (SSSR count). The fourth-order valence-corrected chi connectivity index (χ4v) is 12.8. The van der Waals surface area contributed by atoms with E-state index in [9.17, 15) is 105 Å². The van der Waals surface area contributed by atoms with E-state index in [-0.39, 0.29) is 62.9 Å². The lowest BCUT2D eigenvalue weighted by Crippen LogP contribution is -2.61. The Balaban J connectivity index is 6.23. The number of primary amides is 2. The third kappa shape index (κ3) is 47.4. The molecule has 32 N–H and O–H groups in total. The van der Waals surface area contributed by atoms with Crippen LogP contribution >= 0.6 is 0 Å². The zero-order valence-corrected chi connectivity index (χ0v) is 80.6. The Morgan fingerprint density at radius 3 is 0.782 bits per heavy atom. The van der Waals surface area contributed by atoms with Crippen molar-refractivity contribution in [1.29, 1.82) is 0 Å². The molecule has 0 heterocycles. The summed E-state index contributed by atoms with van der Waals surface area (Å²) in [5.41, 5.74) is 33.9. The van der Waals surface area contributed by atoms with Crippen molar-refractivity contribution < 1.29 is 111 Å². The van der Waals surface area contributed by atoms with Gasteiger partial charge in [0.15, 0.2) is 0 Å². The van der Waals surface area contributed by atoms with Crippen molar-refractivity contribution in [3.8, 4) is 0 Å². The van der Waals surface area contributed by atoms with Crippen LogP contribution in [0.2, 0.25) is 0 Å². The minimum atomic E-state index is -1.78. The second-order valence-corrected chi connectivity index (χ2v) is 35.8. The molecule has 0 unspecified atom stereocenters. The van der Waals surface area contributed by atoms with E-state index in [1.807, 2.05) is 13.8 Å². The van der Waals surface area contributed by atoms with Gasteiger partial charge in [0.25, 0.3) is 0 Å². The monoisotopic (exact) mass is 1890 g/mol. The van der Waals surface area contributed by atoms with Crippen molar-refractivity contribution >= 4 is 130 Å². The average molecular weight is 1890 g/mol. The van der Waals surface area contributed by atoms with Crippen LogP contribution < -0.4 is 135 Å². The van der Waals surface area contributed by atoms with Crippen molar-refractivity contribution in [2.75, 3.05) is 26.2 Å². The normalized spacial score (nSPS) is 15.6. The Morgan fingerprint density at radius 2 is 0.466 bits per heavy atom. The molecule has 0 aliphatic heterocycles. The summed E-state index contributed by atoms with van der Waals surface area (Å²) in [5, 5.41) is 56.3. The predicted octanol–water partition coefficient (Wildman–Crippen LogP) is -7.36. The highest BCUT2D eigenvalue weighted by Gasteiger charge is 2.40. The Hall–Kier alpha value is -11.8. The minimum absolute atomic E-state index is 0.00680. The van der Waals surface area contributed by atoms with Crippen LogP contribution in [0.1, 0.15) is 228 Å². The smallest absolute Gasteiger partial charge is 0.325 e. The Bertz CT molecular complexity index is 3940. The number of rotatable bonds is 64. The first-order chi connectivity index (χ1) is 61.8. The lowest BCUT2D eigenvalue weighted by atomic mass is 9.98. The highest BCUT2D eigenvalue weighted by molar-refractivity contribution is 6.02. The first-order valence-electron chi connectivity index (χ1n) is 45.2. The van der Waals surface area contributed by atoms with Gasteiger partial charge in [-0.15, -0.1) is 0 Å². The maximum absolute atomic E-state index is 14.1. The van der Waals surface area contributed by atoms with Crippen LogP contribution in [-0.4, -0.2) is 276 Å². The van der Waals surface area contributed by atoms with E-state index in [4.69, 9.17) is 39.5 Å². The van der Waals surface area contributed by atoms with Crippen molar-refractivity contribution in [2.24, 2.45) is 69.9 Å². The van der Waals surface area contributed by atoms with Crippen LogP contribution in [0.15, 0.2) is 0 Å². The molecule has 0 fully saturated rings. The number of unbranched alkanes of at least 4 members (excludes halogenated alkanes) is 3. The summed E-state index contributed by atoms with van der Waals surface area (Å²) >= 11 is 0. The van der Waals surface area contributed by atoms with E-state index in [1.54, 1.807) is 69.2 Å². The third-order valence-corrected chi connectivity index (χ3v) is 20.7. The molecule has 0 aromatic heterocycles. The molecule has 0 aromatic rings. The zero-order chi connectivity index (χ0) is 102. The van der Waals surface area contributed by atoms with Gasteiger partial charge in [-0.2, -0.15) is 0 Å². The fraction of sp³-hybridized carbons (Fsp3) is 0.741. The summed E-state index contributed by atoms with van der Waals surface area (Å²) in [6.07, 6.45) is 1.64. The van der Waals surface area contributed by atoms with E-state index in [0.717, 1.165) is 6.92 Å². The number of carboxylic acids is 1. The van der Waals surface area contributed by atoms with Crippen LogP contribution in [0.5, 0.6) is 0 Å². The lowest BCUT2D eigenvalue weighted by Gasteiger charge is -2.29. The molecule has 0 aliphatic rings. The second-order valence-electron chi connectivity index (χ2n) is 35.8. The molecule has 0 radical (unpaired) electrons. The Kier molecular flexibility index (Phi) is 56.3. The van der Waals surface area contributed by atoms with Gasteiger partial charge < -0.3 is 141 Å². The van der Waals surface area contributed by atoms with Crippen molar-refractivity contribution in [3.63, 3.8) is 0 Å². The molecule has 0 spiro atoms. The number of carbonyl (C=O) groups excluding carboxylic acids is 21. The fourth-order valence-electron chi connectivity index (χ4n) is 12.8. The van der Waals surface area contributed by atoms with Gasteiger partial charge in [-0.1, -0.05) is 89.5 Å². The van der Waals surface area contributed by atoms with Crippen LogP contribution in [0, 0.1) is 35.5 Å². The van der Waals surface area contributed by atoms with Crippen molar-refractivity contribution in [3.05, 3.63) is 0 Å². The first-order valence-corrected chi connectivity index (χ1v) is 45.2. The van der Waals surface area contributed by atoms with Gasteiger partial charge in [0, 0.05) is 0 Å². The number of nitrogens with two attached hydrogens (primary N) is 6. The van der Waals surface area contributed by atoms with Crippen molar-refractivity contribution in [2.45, 2.75) is 343 Å². The second kappa shape index (κ2) is 61.8. The molecule has 0 saturated carbocycles. The summed E-state index contributed by atoms with van der Waals surface area (Å²) in [5.74, 6) is -22.7. The molecule has 0 saturated heterocycles. The molecule has 0 bridgehead atoms. The first kappa shape index (κ1) is 121. The van der Waals surface area contributed by atoms with E-state index in [2.05, 4.69) is 101 Å². The standard InChI is InChI=1S/C85H153N25O23/c1-39(2)33-56(80(127)105-60(37-62(91)112)77(124)99-51(19)73(120)108-65(43(9)10)83(130)107-58(35-41(5)6)81(128)110-64(42(7)8)82(129)92-38-63(113)93-45(13)70(117)104-59(36-61(90)111)78(125)100-52(20)85(132)133)103-72(119)50(18)96-69(116)48(16)97-75(122)54(28-22-25-31-87)101-71(118)49(17)95-67(114)46(14)94-68(115)47(15)98-76(123)55(29-23-26-32-88)102-79(126)57(34-40(3)4)106-84(131)66(44(11)12)109-74(121)53(89)27-21-24-30-86/h39-60,64-66H,21-38,86-89H2,1-20H3,(H2,90,111)(H2,91,112)(H,92,129)(H,93,113)(H,94,115)(H,95,114)(H,96,116)(H,97,122)(H,98,123)(H,99,124)(H,100,125)(H,101,118)(H,102,126)(H,103,119)(H,104,117)(H,105,127)(H,106,131)(H,107,130)(H,108,120)(H,109,121)(H,110,128)(H,132,133)/t45-,46-,47-,48-,49-,50-,51-,52-,53-,54-,55-,56-,57-,58-,59-,60-,64-,65-,66-/m0/s1. The lowest BCUT2D eigenvalue weighted by molar-refractivity contribution is -0.142. The average Bonchev–Trinajstić information content (AvgIpc) is 0.824. The highest BCUT2D eigenvalue weighted by Crippen LogP contribution is 2.16. The molecule has 48 heteroatoms. The van der Waals surface area contributed by atoms with Gasteiger partial charge >= 0.3 is 5.97 Å². The van der Waals surface area contributed by atoms with Gasteiger partial charge in [0.2, 0.25) is 124 Å². The Labute approximate surface area is 777 Å². The number of nitrogens with one attached hydrogen (secondary N) is 19. The van der Waals surface area contributed by atoms with Gasteiger partial charge in [0.1, 0.15) is 109 Å². The maximum atomic E-state index is 14.1. The van der Waals surface area contributed by atoms with Crippen LogP contribution in [0.4, 0.5) is 0 Å². The number of hydrogen-bond donors (Lipinski definition) is 26. The molecule has 0 aromatic carbocycles. The number of carboxylic acid groups (broad SMARTS) is 1. The SMILES string of the molecule is CC(C)C[C@H](NC(=O)[C@H](C)NC(=O)[C@H](C)NC(=O)[C@H](CCCCN)NC(=O)[C@H](C)NC(=O)[C@H](C)NC(=O)[C@H](C)NC(=O)[C@H](CCCCN)NC(=O)[C@H](CC(C)C)NC(=O)[C@@H](NC(=O)[C@@H](N)CCCCN)C(C)C)C(=O)N[C@@H](CC(N)=O)C(=O)N[C@@H](C)C(=O)N[C@H](C(=O)N[C@@H](CC(C)C)C(=O)N[C@H](C(=O)NCC(=O)N[C@@H](C)C(=O)N[C@@H](CC(N)=O)C(=O)N[C@@H](C)C(=O)O)C(C)C)C(C)C. The van der Waals surface area contributed by atoms with E-state index in [1.165, 1.54) is 48.5 Å². The molecular weight excluding hydrogens is 1740 g/mol. The van der Waals surface area contributed by atoms with E-state index in [0.29, 0.717) is 51.5 Å². The molecule has 48 nitrogen and oxygen atoms in total. The molecule has 0 aliphatic carbocycles. The topological polar surface area (TPSA) is 780 Å². The van der Waals surface area contributed by atoms with Gasteiger partial charge in [0.05, 0.1) is 25.4 Å². The van der Waals surface area contributed by atoms with Crippen LogP contribution in [0.25, 0.3) is 0 Å².